The molecule has 1 aliphatic rings. The van der Waals surface area contributed by atoms with Crippen molar-refractivity contribution in [2.75, 3.05) is 18.0 Å². The molecule has 1 aliphatic heterocycles. The molecule has 0 atom stereocenters. The molecule has 0 bridgehead atoms. The van der Waals surface area contributed by atoms with Gasteiger partial charge in [0.2, 0.25) is 0 Å². The van der Waals surface area contributed by atoms with Crippen LogP contribution in [0.4, 0.5) is 5.69 Å². The van der Waals surface area contributed by atoms with Crippen molar-refractivity contribution in [3.63, 3.8) is 0 Å². The normalized spacial score (nSPS) is 14.5. The molecule has 0 spiro atoms. The van der Waals surface area contributed by atoms with Crippen LogP contribution in [0.5, 0.6) is 0 Å². The van der Waals surface area contributed by atoms with Crippen LogP contribution in [0.1, 0.15) is 30.4 Å². The van der Waals surface area contributed by atoms with E-state index in [0.717, 1.165) is 30.8 Å². The molecule has 1 N–H and O–H groups in total. The summed E-state index contributed by atoms with van der Waals surface area (Å²) in [5.74, 6) is 1.38. The summed E-state index contributed by atoms with van der Waals surface area (Å²) in [6, 6.07) is 12.0. The van der Waals surface area contributed by atoms with Crippen molar-refractivity contribution in [1.29, 1.82) is 0 Å². The number of rotatable bonds is 4. The molecular formula is C18H21N3O2. The molecule has 0 unspecified atom stereocenters. The third kappa shape index (κ3) is 3.62. The van der Waals surface area contributed by atoms with Crippen LogP contribution in [0.3, 0.4) is 0 Å². The summed E-state index contributed by atoms with van der Waals surface area (Å²) in [5.41, 5.74) is 5.73. The zero-order valence-electron chi connectivity index (χ0n) is 13.5. The smallest absolute Gasteiger partial charge is 0.259 e. The van der Waals surface area contributed by atoms with E-state index in [-0.39, 0.29) is 5.91 Å². The molecule has 3 rings (SSSR count). The molecule has 1 aromatic heterocycles. The summed E-state index contributed by atoms with van der Waals surface area (Å²) in [7, 11) is 0. The number of aryl methyl sites for hydroxylation is 2. The van der Waals surface area contributed by atoms with Crippen molar-refractivity contribution in [3.05, 3.63) is 53.5 Å². The van der Waals surface area contributed by atoms with Crippen LogP contribution in [0.15, 0.2) is 45.9 Å². The number of carbonyl (C=O) groups is 1. The summed E-state index contributed by atoms with van der Waals surface area (Å²) < 4.78 is 5.48. The number of hydrogen-bond donors (Lipinski definition) is 1. The lowest BCUT2D eigenvalue weighted by atomic mass is 10.0. The van der Waals surface area contributed by atoms with Crippen molar-refractivity contribution >= 4 is 17.3 Å². The fourth-order valence-electron chi connectivity index (χ4n) is 2.81. The summed E-state index contributed by atoms with van der Waals surface area (Å²) in [4.78, 5) is 14.3. The van der Waals surface area contributed by atoms with Gasteiger partial charge in [-0.25, -0.2) is 5.43 Å². The number of para-hydroxylation sites is 1. The molecule has 1 aromatic carbocycles. The van der Waals surface area contributed by atoms with Gasteiger partial charge in [-0.1, -0.05) is 18.2 Å². The van der Waals surface area contributed by atoms with Gasteiger partial charge in [-0.3, -0.25) is 4.79 Å². The zero-order chi connectivity index (χ0) is 16.2. The quantitative estimate of drug-likeness (QED) is 0.698. The summed E-state index contributed by atoms with van der Waals surface area (Å²) in [6.45, 7) is 4.90. The first-order valence-electron chi connectivity index (χ1n) is 7.86. The SMILES string of the molecule is C/C(=N\NC(=O)CN1CCCc2ccccc21)c1ccc(C)o1. The van der Waals surface area contributed by atoms with Crippen LogP contribution < -0.4 is 10.3 Å². The summed E-state index contributed by atoms with van der Waals surface area (Å²) in [6.07, 6.45) is 2.14. The van der Waals surface area contributed by atoms with Gasteiger partial charge in [0.05, 0.1) is 6.54 Å². The lowest BCUT2D eigenvalue weighted by molar-refractivity contribution is -0.119. The number of hydrogen-bond acceptors (Lipinski definition) is 4. The van der Waals surface area contributed by atoms with Gasteiger partial charge in [0.15, 0.2) is 0 Å². The third-order valence-electron chi connectivity index (χ3n) is 3.99. The van der Waals surface area contributed by atoms with Gasteiger partial charge in [0.1, 0.15) is 17.2 Å². The molecule has 2 aromatic rings. The van der Waals surface area contributed by atoms with Gasteiger partial charge in [-0.2, -0.15) is 5.10 Å². The van der Waals surface area contributed by atoms with Crippen LogP contribution in [0, 0.1) is 6.92 Å². The largest absolute Gasteiger partial charge is 0.460 e. The maximum atomic E-state index is 12.2. The van der Waals surface area contributed by atoms with E-state index in [1.807, 2.05) is 38.1 Å². The summed E-state index contributed by atoms with van der Waals surface area (Å²) >= 11 is 0. The molecule has 5 nitrogen and oxygen atoms in total. The average Bonchev–Trinajstić information content (AvgIpc) is 2.99. The van der Waals surface area contributed by atoms with Crippen LogP contribution in [0.2, 0.25) is 0 Å². The number of carbonyl (C=O) groups excluding carboxylic acids is 1. The molecule has 120 valence electrons. The lowest BCUT2D eigenvalue weighted by Crippen LogP contribution is -2.38. The van der Waals surface area contributed by atoms with Crippen molar-refractivity contribution in [3.8, 4) is 0 Å². The van der Waals surface area contributed by atoms with E-state index in [4.69, 9.17) is 4.42 Å². The van der Waals surface area contributed by atoms with E-state index in [9.17, 15) is 4.79 Å². The number of hydrazone groups is 1. The highest BCUT2D eigenvalue weighted by Gasteiger charge is 2.18. The number of nitrogens with zero attached hydrogens (tertiary/aromatic N) is 2. The fourth-order valence-corrected chi connectivity index (χ4v) is 2.81. The molecule has 0 saturated carbocycles. The minimum absolute atomic E-state index is 0.121. The van der Waals surface area contributed by atoms with Crippen molar-refractivity contribution in [2.24, 2.45) is 5.10 Å². The minimum Gasteiger partial charge on any atom is -0.460 e. The van der Waals surface area contributed by atoms with E-state index in [1.54, 1.807) is 0 Å². The average molecular weight is 311 g/mol. The Bertz CT molecular complexity index is 733. The lowest BCUT2D eigenvalue weighted by Gasteiger charge is -2.30. The highest BCUT2D eigenvalue weighted by Crippen LogP contribution is 2.26. The Kier molecular flexibility index (Phi) is 4.46. The molecule has 23 heavy (non-hydrogen) atoms. The van der Waals surface area contributed by atoms with Crippen LogP contribution in [-0.4, -0.2) is 24.7 Å². The Morgan fingerprint density at radius 2 is 2.13 bits per heavy atom. The Morgan fingerprint density at radius 3 is 2.91 bits per heavy atom. The highest BCUT2D eigenvalue weighted by molar-refractivity contribution is 5.97. The number of benzene rings is 1. The number of fused-ring (bicyclic) bond motifs is 1. The second kappa shape index (κ2) is 6.69. The van der Waals surface area contributed by atoms with Gasteiger partial charge in [0, 0.05) is 12.2 Å². The molecule has 0 aliphatic carbocycles. The monoisotopic (exact) mass is 311 g/mol. The molecule has 0 fully saturated rings. The molecule has 1 amide bonds. The Hall–Kier alpha value is -2.56. The van der Waals surface area contributed by atoms with Crippen molar-refractivity contribution in [2.45, 2.75) is 26.7 Å². The van der Waals surface area contributed by atoms with Crippen LogP contribution in [0.25, 0.3) is 0 Å². The predicted molar refractivity (Wildman–Crippen MR) is 90.8 cm³/mol. The van der Waals surface area contributed by atoms with Gasteiger partial charge in [0.25, 0.3) is 5.91 Å². The molecule has 5 heteroatoms. The predicted octanol–water partition coefficient (Wildman–Crippen LogP) is 2.88. The maximum absolute atomic E-state index is 12.2. The second-order valence-corrected chi connectivity index (χ2v) is 5.80. The first-order valence-corrected chi connectivity index (χ1v) is 7.86. The Balaban J connectivity index is 1.62. The topological polar surface area (TPSA) is 57.8 Å². The number of nitrogens with one attached hydrogen (secondary N) is 1. The van der Waals surface area contributed by atoms with E-state index in [0.29, 0.717) is 18.0 Å². The molecule has 2 heterocycles. The van der Waals surface area contributed by atoms with E-state index in [2.05, 4.69) is 27.6 Å². The standard InChI is InChI=1S/C18H21N3O2/c1-13-9-10-17(23-13)14(2)19-20-18(22)12-21-11-5-7-15-6-3-4-8-16(15)21/h3-4,6,8-10H,5,7,11-12H2,1-2H3,(H,20,22)/b19-14+. The zero-order valence-corrected chi connectivity index (χ0v) is 13.5. The van der Waals surface area contributed by atoms with Crippen molar-refractivity contribution in [1.82, 2.24) is 5.43 Å². The van der Waals surface area contributed by atoms with Gasteiger partial charge >= 0.3 is 0 Å². The second-order valence-electron chi connectivity index (χ2n) is 5.80. The Morgan fingerprint density at radius 1 is 1.30 bits per heavy atom. The maximum Gasteiger partial charge on any atom is 0.259 e. The van der Waals surface area contributed by atoms with Crippen molar-refractivity contribution < 1.29 is 9.21 Å². The fraction of sp³-hybridized carbons (Fsp3) is 0.333. The molecular weight excluding hydrogens is 290 g/mol. The molecule has 0 saturated heterocycles. The molecule has 0 radical (unpaired) electrons. The van der Waals surface area contributed by atoms with Crippen LogP contribution >= 0.6 is 0 Å². The van der Waals surface area contributed by atoms with E-state index < -0.39 is 0 Å². The third-order valence-corrected chi connectivity index (χ3v) is 3.99. The first-order chi connectivity index (χ1) is 11.1. The highest BCUT2D eigenvalue weighted by atomic mass is 16.3. The number of amides is 1. The Labute approximate surface area is 136 Å². The van der Waals surface area contributed by atoms with E-state index in [1.165, 1.54) is 5.56 Å². The van der Waals surface area contributed by atoms with E-state index >= 15 is 0 Å². The van der Waals surface area contributed by atoms with Crippen LogP contribution in [-0.2, 0) is 11.2 Å². The summed E-state index contributed by atoms with van der Waals surface area (Å²) in [5, 5.41) is 4.13. The number of anilines is 1. The van der Waals surface area contributed by atoms with Gasteiger partial charge in [-0.15, -0.1) is 0 Å². The number of furan rings is 1. The van der Waals surface area contributed by atoms with Gasteiger partial charge in [-0.05, 0) is 50.5 Å². The first kappa shape index (κ1) is 15.3. The minimum atomic E-state index is -0.121. The van der Waals surface area contributed by atoms with Gasteiger partial charge < -0.3 is 9.32 Å².